The van der Waals surface area contributed by atoms with E-state index in [4.69, 9.17) is 0 Å². The molecule has 4 heteroatoms. The van der Waals surface area contributed by atoms with Gasteiger partial charge in [-0.05, 0) is 44.1 Å². The quantitative estimate of drug-likeness (QED) is 0.865. The third kappa shape index (κ3) is 3.00. The number of aromatic nitrogens is 1. The molecule has 3 nitrogen and oxygen atoms in total. The van der Waals surface area contributed by atoms with Crippen molar-refractivity contribution >= 4 is 27.4 Å². The van der Waals surface area contributed by atoms with Crippen molar-refractivity contribution in [1.82, 2.24) is 9.27 Å². The van der Waals surface area contributed by atoms with Crippen LogP contribution in [0.5, 0.6) is 0 Å². The van der Waals surface area contributed by atoms with Gasteiger partial charge < -0.3 is 10.2 Å². The Labute approximate surface area is 113 Å². The largest absolute Gasteiger partial charge is 0.374 e. The van der Waals surface area contributed by atoms with Crippen molar-refractivity contribution in [3.05, 3.63) is 24.3 Å². The molecule has 1 aromatic heterocycles. The fourth-order valence-corrected chi connectivity index (χ4v) is 2.68. The van der Waals surface area contributed by atoms with Gasteiger partial charge in [-0.15, -0.1) is 0 Å². The highest BCUT2D eigenvalue weighted by Gasteiger charge is 2.07. The minimum absolute atomic E-state index is 0.644. The maximum absolute atomic E-state index is 4.43. The van der Waals surface area contributed by atoms with E-state index in [-0.39, 0.29) is 0 Å². The van der Waals surface area contributed by atoms with E-state index >= 15 is 0 Å². The van der Waals surface area contributed by atoms with Crippen molar-refractivity contribution < 1.29 is 0 Å². The summed E-state index contributed by atoms with van der Waals surface area (Å²) in [5, 5.41) is 5.91. The number of hydrogen-bond acceptors (Lipinski definition) is 4. The van der Waals surface area contributed by atoms with Gasteiger partial charge >= 0.3 is 0 Å². The van der Waals surface area contributed by atoms with E-state index in [1.807, 2.05) is 6.07 Å². The summed E-state index contributed by atoms with van der Waals surface area (Å²) in [6.07, 6.45) is 1.19. The van der Waals surface area contributed by atoms with Crippen LogP contribution in [0, 0.1) is 0 Å². The van der Waals surface area contributed by atoms with Crippen LogP contribution in [0.3, 0.4) is 0 Å². The molecular formula is C14H21N3S. The molecule has 1 aromatic carbocycles. The molecule has 98 valence electrons. The lowest BCUT2D eigenvalue weighted by Crippen LogP contribution is -2.32. The van der Waals surface area contributed by atoms with E-state index in [1.54, 1.807) is 11.5 Å². The third-order valence-electron chi connectivity index (χ3n) is 3.48. The van der Waals surface area contributed by atoms with Crippen LogP contribution in [0.2, 0.25) is 0 Å². The Morgan fingerprint density at radius 3 is 2.94 bits per heavy atom. The molecule has 0 fully saturated rings. The second-order valence-electron chi connectivity index (χ2n) is 4.69. The summed E-state index contributed by atoms with van der Waals surface area (Å²) >= 11 is 1.55. The Balaban J connectivity index is 1.91. The summed E-state index contributed by atoms with van der Waals surface area (Å²) < 4.78 is 4.43. The zero-order valence-electron chi connectivity index (χ0n) is 11.3. The zero-order valence-corrected chi connectivity index (χ0v) is 12.1. The first-order chi connectivity index (χ1) is 8.72. The molecule has 0 saturated carbocycles. The Morgan fingerprint density at radius 2 is 2.17 bits per heavy atom. The zero-order chi connectivity index (χ0) is 13.0. The minimum Gasteiger partial charge on any atom is -0.374 e. The predicted molar refractivity (Wildman–Crippen MR) is 80.5 cm³/mol. The number of nitrogens with zero attached hydrogens (tertiary/aromatic N) is 2. The van der Waals surface area contributed by atoms with Gasteiger partial charge in [0.1, 0.15) is 5.00 Å². The van der Waals surface area contributed by atoms with Crippen molar-refractivity contribution in [2.75, 3.05) is 25.5 Å². The number of rotatable bonds is 6. The smallest absolute Gasteiger partial charge is 0.117 e. The number of hydrogen-bond donors (Lipinski definition) is 1. The van der Waals surface area contributed by atoms with Crippen LogP contribution in [0.4, 0.5) is 5.00 Å². The standard InChI is InChI=1S/C14H21N3S/c1-4-11(2)17(3)10-9-15-14-12-7-5-6-8-13(12)16-18-14/h5-8,11,15H,4,9-10H2,1-3H3. The molecule has 18 heavy (non-hydrogen) atoms. The molecule has 0 aliphatic rings. The molecule has 2 aromatic rings. The number of fused-ring (bicyclic) bond motifs is 1. The van der Waals surface area contributed by atoms with E-state index in [9.17, 15) is 0 Å². The van der Waals surface area contributed by atoms with Crippen LogP contribution in [0.25, 0.3) is 10.9 Å². The molecule has 0 saturated heterocycles. The Kier molecular flexibility index (Phi) is 4.55. The van der Waals surface area contributed by atoms with Crippen molar-refractivity contribution in [2.24, 2.45) is 0 Å². The lowest BCUT2D eigenvalue weighted by atomic mass is 10.2. The van der Waals surface area contributed by atoms with E-state index in [0.29, 0.717) is 6.04 Å². The van der Waals surface area contributed by atoms with Gasteiger partial charge in [0.25, 0.3) is 0 Å². The maximum Gasteiger partial charge on any atom is 0.117 e. The molecule has 2 rings (SSSR count). The summed E-state index contributed by atoms with van der Waals surface area (Å²) in [7, 11) is 2.18. The SMILES string of the molecule is CCC(C)N(C)CCNc1snc2ccccc12. The van der Waals surface area contributed by atoms with Gasteiger partial charge in [-0.3, -0.25) is 0 Å². The van der Waals surface area contributed by atoms with E-state index in [1.165, 1.54) is 16.8 Å². The van der Waals surface area contributed by atoms with Crippen LogP contribution < -0.4 is 5.32 Å². The van der Waals surface area contributed by atoms with Crippen molar-refractivity contribution in [1.29, 1.82) is 0 Å². The number of nitrogens with one attached hydrogen (secondary N) is 1. The topological polar surface area (TPSA) is 28.2 Å². The van der Waals surface area contributed by atoms with Crippen molar-refractivity contribution in [2.45, 2.75) is 26.3 Å². The molecule has 0 amide bonds. The summed E-state index contributed by atoms with van der Waals surface area (Å²) in [5.74, 6) is 0. The first kappa shape index (κ1) is 13.3. The summed E-state index contributed by atoms with van der Waals surface area (Å²) in [5.41, 5.74) is 1.08. The Bertz CT molecular complexity index is 494. The van der Waals surface area contributed by atoms with Crippen LogP contribution in [0.1, 0.15) is 20.3 Å². The number of anilines is 1. The van der Waals surface area contributed by atoms with Crippen LogP contribution in [-0.2, 0) is 0 Å². The summed E-state index contributed by atoms with van der Waals surface area (Å²) in [6, 6.07) is 8.92. The second kappa shape index (κ2) is 6.16. The Hall–Kier alpha value is -1.13. The van der Waals surface area contributed by atoms with E-state index < -0.39 is 0 Å². The molecule has 0 bridgehead atoms. The highest BCUT2D eigenvalue weighted by Crippen LogP contribution is 2.26. The van der Waals surface area contributed by atoms with Gasteiger partial charge in [0.15, 0.2) is 0 Å². The average molecular weight is 263 g/mol. The van der Waals surface area contributed by atoms with Crippen LogP contribution in [-0.4, -0.2) is 35.5 Å². The van der Waals surface area contributed by atoms with Crippen LogP contribution >= 0.6 is 11.5 Å². The third-order valence-corrected chi connectivity index (χ3v) is 4.31. The molecule has 0 spiro atoms. The van der Waals surface area contributed by atoms with E-state index in [2.05, 4.69) is 53.7 Å². The molecule has 1 unspecified atom stereocenters. The number of benzene rings is 1. The lowest BCUT2D eigenvalue weighted by Gasteiger charge is -2.23. The lowest BCUT2D eigenvalue weighted by molar-refractivity contribution is 0.261. The highest BCUT2D eigenvalue weighted by molar-refractivity contribution is 7.11. The predicted octanol–water partition coefficient (Wildman–Crippen LogP) is 3.44. The fourth-order valence-electron chi connectivity index (χ4n) is 1.89. The van der Waals surface area contributed by atoms with Crippen molar-refractivity contribution in [3.8, 4) is 0 Å². The molecule has 0 aliphatic heterocycles. The molecule has 1 N–H and O–H groups in total. The normalized spacial score (nSPS) is 13.1. The molecular weight excluding hydrogens is 242 g/mol. The van der Waals surface area contributed by atoms with Crippen LogP contribution in [0.15, 0.2) is 24.3 Å². The van der Waals surface area contributed by atoms with E-state index in [0.717, 1.165) is 18.6 Å². The molecule has 1 atom stereocenters. The first-order valence-corrected chi connectivity index (χ1v) is 7.28. The average Bonchev–Trinajstić information content (AvgIpc) is 2.81. The molecule has 0 aliphatic carbocycles. The second-order valence-corrected chi connectivity index (χ2v) is 5.47. The summed E-state index contributed by atoms with van der Waals surface area (Å²) in [6.45, 7) is 6.52. The molecule has 0 radical (unpaired) electrons. The Morgan fingerprint density at radius 1 is 1.39 bits per heavy atom. The van der Waals surface area contributed by atoms with Gasteiger partial charge in [-0.1, -0.05) is 19.1 Å². The van der Waals surface area contributed by atoms with Crippen molar-refractivity contribution in [3.63, 3.8) is 0 Å². The van der Waals surface area contributed by atoms with Gasteiger partial charge in [-0.2, -0.15) is 4.37 Å². The van der Waals surface area contributed by atoms with Gasteiger partial charge in [0.2, 0.25) is 0 Å². The fraction of sp³-hybridized carbons (Fsp3) is 0.500. The highest BCUT2D eigenvalue weighted by atomic mass is 32.1. The first-order valence-electron chi connectivity index (χ1n) is 6.51. The maximum atomic E-state index is 4.43. The van der Waals surface area contributed by atoms with Gasteiger partial charge in [-0.25, -0.2) is 0 Å². The van der Waals surface area contributed by atoms with Gasteiger partial charge in [0.05, 0.1) is 5.52 Å². The minimum atomic E-state index is 0.644. The summed E-state index contributed by atoms with van der Waals surface area (Å²) in [4.78, 5) is 2.39. The molecule has 1 heterocycles. The monoisotopic (exact) mass is 263 g/mol. The number of likely N-dealkylation sites (N-methyl/N-ethyl adjacent to an activating group) is 1. The van der Waals surface area contributed by atoms with Gasteiger partial charge in [0, 0.05) is 24.5 Å².